The summed E-state index contributed by atoms with van der Waals surface area (Å²) < 4.78 is 2.13. The van der Waals surface area contributed by atoms with Crippen LogP contribution >= 0.6 is 0 Å². The van der Waals surface area contributed by atoms with Gasteiger partial charge in [0.25, 0.3) is 0 Å². The molecule has 0 amide bonds. The lowest BCUT2D eigenvalue weighted by molar-refractivity contribution is 0.625. The standard InChI is InChI=1S/C15H24N4/c1-12-18-14-11-13(5-6-15(14)19(12)3)7-10-17-9-4-8-16-2/h5-6,11,16-17H,4,7-10H2,1-3H3. The fourth-order valence-electron chi connectivity index (χ4n) is 2.27. The van der Waals surface area contributed by atoms with Crippen molar-refractivity contribution in [2.45, 2.75) is 19.8 Å². The number of fused-ring (bicyclic) bond motifs is 1. The molecule has 0 spiro atoms. The van der Waals surface area contributed by atoms with Gasteiger partial charge in [0.1, 0.15) is 5.82 Å². The van der Waals surface area contributed by atoms with Gasteiger partial charge in [-0.15, -0.1) is 0 Å². The highest BCUT2D eigenvalue weighted by atomic mass is 15.0. The van der Waals surface area contributed by atoms with Crippen molar-refractivity contribution in [1.82, 2.24) is 20.2 Å². The Morgan fingerprint density at radius 2 is 2.05 bits per heavy atom. The van der Waals surface area contributed by atoms with E-state index in [0.717, 1.165) is 37.4 Å². The lowest BCUT2D eigenvalue weighted by Crippen LogP contribution is -2.21. The molecule has 2 rings (SSSR count). The number of nitrogens with zero attached hydrogens (tertiary/aromatic N) is 2. The van der Waals surface area contributed by atoms with Gasteiger partial charge in [0.15, 0.2) is 0 Å². The summed E-state index contributed by atoms with van der Waals surface area (Å²) in [6, 6.07) is 6.59. The van der Waals surface area contributed by atoms with Gasteiger partial charge in [0.2, 0.25) is 0 Å². The van der Waals surface area contributed by atoms with Gasteiger partial charge in [-0.1, -0.05) is 6.07 Å². The van der Waals surface area contributed by atoms with E-state index >= 15 is 0 Å². The highest BCUT2D eigenvalue weighted by Crippen LogP contribution is 2.16. The van der Waals surface area contributed by atoms with Crippen LogP contribution in [0.15, 0.2) is 18.2 Å². The van der Waals surface area contributed by atoms with Gasteiger partial charge in [-0.25, -0.2) is 4.98 Å². The van der Waals surface area contributed by atoms with Crippen LogP contribution in [0, 0.1) is 6.92 Å². The molecule has 4 heteroatoms. The van der Waals surface area contributed by atoms with Gasteiger partial charge in [0.05, 0.1) is 11.0 Å². The number of aromatic nitrogens is 2. The van der Waals surface area contributed by atoms with Gasteiger partial charge in [0, 0.05) is 7.05 Å². The van der Waals surface area contributed by atoms with E-state index in [1.165, 1.54) is 17.5 Å². The Labute approximate surface area is 115 Å². The second-order valence-corrected chi connectivity index (χ2v) is 5.00. The average Bonchev–Trinajstić information content (AvgIpc) is 2.69. The Bertz CT molecular complexity index is 530. The van der Waals surface area contributed by atoms with Crippen molar-refractivity contribution in [1.29, 1.82) is 0 Å². The van der Waals surface area contributed by atoms with Crippen LogP contribution in [0.4, 0.5) is 0 Å². The van der Waals surface area contributed by atoms with E-state index in [9.17, 15) is 0 Å². The van der Waals surface area contributed by atoms with Gasteiger partial charge >= 0.3 is 0 Å². The molecule has 0 aliphatic carbocycles. The van der Waals surface area contributed by atoms with Crippen molar-refractivity contribution in [2.24, 2.45) is 7.05 Å². The van der Waals surface area contributed by atoms with Crippen LogP contribution < -0.4 is 10.6 Å². The number of hydrogen-bond donors (Lipinski definition) is 2. The SMILES string of the molecule is CNCCCNCCc1ccc2c(c1)nc(C)n2C. The number of rotatable bonds is 7. The molecule has 4 nitrogen and oxygen atoms in total. The summed E-state index contributed by atoms with van der Waals surface area (Å²) in [6.07, 6.45) is 2.24. The monoisotopic (exact) mass is 260 g/mol. The van der Waals surface area contributed by atoms with Crippen LogP contribution in [0.2, 0.25) is 0 Å². The second kappa shape index (κ2) is 6.68. The number of imidazole rings is 1. The molecule has 0 fully saturated rings. The van der Waals surface area contributed by atoms with Crippen molar-refractivity contribution in [2.75, 3.05) is 26.7 Å². The van der Waals surface area contributed by atoms with Crippen molar-refractivity contribution < 1.29 is 0 Å². The zero-order valence-corrected chi connectivity index (χ0v) is 12.2. The van der Waals surface area contributed by atoms with Crippen molar-refractivity contribution in [3.8, 4) is 0 Å². The molecular weight excluding hydrogens is 236 g/mol. The van der Waals surface area contributed by atoms with E-state index in [-0.39, 0.29) is 0 Å². The van der Waals surface area contributed by atoms with Crippen LogP contribution in [0.3, 0.4) is 0 Å². The number of aryl methyl sites for hydroxylation is 2. The Morgan fingerprint density at radius 3 is 2.84 bits per heavy atom. The number of hydrogen-bond acceptors (Lipinski definition) is 3. The van der Waals surface area contributed by atoms with E-state index in [1.807, 2.05) is 14.0 Å². The summed E-state index contributed by atoms with van der Waals surface area (Å²) in [5.74, 6) is 1.07. The maximum Gasteiger partial charge on any atom is 0.106 e. The summed E-state index contributed by atoms with van der Waals surface area (Å²) in [6.45, 7) is 5.22. The Hall–Kier alpha value is -1.39. The van der Waals surface area contributed by atoms with Gasteiger partial charge in [-0.05, 0) is 64.1 Å². The molecule has 2 aromatic rings. The van der Waals surface area contributed by atoms with E-state index in [0.29, 0.717) is 0 Å². The first-order valence-electron chi connectivity index (χ1n) is 6.99. The molecule has 0 aliphatic rings. The lowest BCUT2D eigenvalue weighted by atomic mass is 10.1. The highest BCUT2D eigenvalue weighted by molar-refractivity contribution is 5.76. The van der Waals surface area contributed by atoms with Crippen LogP contribution in [0.5, 0.6) is 0 Å². The molecule has 0 radical (unpaired) electrons. The molecule has 0 aliphatic heterocycles. The quantitative estimate of drug-likeness (QED) is 0.743. The highest BCUT2D eigenvalue weighted by Gasteiger charge is 2.04. The topological polar surface area (TPSA) is 41.9 Å². The summed E-state index contributed by atoms with van der Waals surface area (Å²) in [4.78, 5) is 4.58. The van der Waals surface area contributed by atoms with E-state index in [2.05, 4.69) is 45.4 Å². The summed E-state index contributed by atoms with van der Waals surface area (Å²) in [5, 5.41) is 6.62. The zero-order chi connectivity index (χ0) is 13.7. The summed E-state index contributed by atoms with van der Waals surface area (Å²) in [5.41, 5.74) is 3.67. The fourth-order valence-corrected chi connectivity index (χ4v) is 2.27. The molecule has 1 aromatic carbocycles. The minimum Gasteiger partial charge on any atom is -0.331 e. The minimum atomic E-state index is 1.03. The predicted octanol–water partition coefficient (Wildman–Crippen LogP) is 1.62. The second-order valence-electron chi connectivity index (χ2n) is 5.00. The minimum absolute atomic E-state index is 1.03. The van der Waals surface area contributed by atoms with E-state index in [4.69, 9.17) is 0 Å². The van der Waals surface area contributed by atoms with Crippen molar-refractivity contribution in [3.63, 3.8) is 0 Å². The Kier molecular flexibility index (Phi) is 4.93. The first-order chi connectivity index (χ1) is 9.22. The molecule has 0 bridgehead atoms. The van der Waals surface area contributed by atoms with Gasteiger partial charge in [-0.3, -0.25) is 0 Å². The summed E-state index contributed by atoms with van der Waals surface area (Å²) in [7, 11) is 4.05. The molecule has 19 heavy (non-hydrogen) atoms. The maximum absolute atomic E-state index is 4.58. The van der Waals surface area contributed by atoms with Crippen LogP contribution in [-0.2, 0) is 13.5 Å². The van der Waals surface area contributed by atoms with Crippen molar-refractivity contribution in [3.05, 3.63) is 29.6 Å². The third-order valence-electron chi connectivity index (χ3n) is 3.54. The maximum atomic E-state index is 4.58. The molecule has 1 aromatic heterocycles. The number of benzene rings is 1. The molecule has 2 N–H and O–H groups in total. The molecule has 104 valence electrons. The van der Waals surface area contributed by atoms with E-state index < -0.39 is 0 Å². The van der Waals surface area contributed by atoms with Gasteiger partial charge < -0.3 is 15.2 Å². The first-order valence-corrected chi connectivity index (χ1v) is 6.99. The zero-order valence-electron chi connectivity index (χ0n) is 12.2. The predicted molar refractivity (Wildman–Crippen MR) is 80.6 cm³/mol. The van der Waals surface area contributed by atoms with Crippen LogP contribution in [-0.4, -0.2) is 36.2 Å². The largest absolute Gasteiger partial charge is 0.331 e. The third kappa shape index (κ3) is 3.55. The fraction of sp³-hybridized carbons (Fsp3) is 0.533. The average molecular weight is 260 g/mol. The molecule has 0 saturated carbocycles. The molecular formula is C15H24N4. The summed E-state index contributed by atoms with van der Waals surface area (Å²) >= 11 is 0. The Balaban J connectivity index is 1.87. The lowest BCUT2D eigenvalue weighted by Gasteiger charge is -2.05. The first kappa shape index (κ1) is 14.0. The van der Waals surface area contributed by atoms with Crippen LogP contribution in [0.25, 0.3) is 11.0 Å². The third-order valence-corrected chi connectivity index (χ3v) is 3.54. The Morgan fingerprint density at radius 1 is 1.21 bits per heavy atom. The molecule has 0 atom stereocenters. The molecule has 0 unspecified atom stereocenters. The van der Waals surface area contributed by atoms with E-state index in [1.54, 1.807) is 0 Å². The van der Waals surface area contributed by atoms with Gasteiger partial charge in [-0.2, -0.15) is 0 Å². The van der Waals surface area contributed by atoms with Crippen LogP contribution in [0.1, 0.15) is 17.8 Å². The van der Waals surface area contributed by atoms with Crippen molar-refractivity contribution >= 4 is 11.0 Å². The number of nitrogens with one attached hydrogen (secondary N) is 2. The normalized spacial score (nSPS) is 11.3. The smallest absolute Gasteiger partial charge is 0.106 e. The molecule has 1 heterocycles. The molecule has 0 saturated heterocycles.